The normalized spacial score (nSPS) is 19.6. The van der Waals surface area contributed by atoms with Crippen LogP contribution in [0.2, 0.25) is 0 Å². The minimum Gasteiger partial charge on any atom is -0.283 e. The zero-order valence-electron chi connectivity index (χ0n) is 9.25. The summed E-state index contributed by atoms with van der Waals surface area (Å²) in [5, 5.41) is 5.63. The Bertz CT molecular complexity index is 422. The second-order valence-electron chi connectivity index (χ2n) is 3.56. The fourth-order valence-corrected chi connectivity index (χ4v) is 1.43. The molecule has 1 aromatic heterocycles. The summed E-state index contributed by atoms with van der Waals surface area (Å²) in [4.78, 5) is 8.61. The molecule has 1 aliphatic rings. The highest BCUT2D eigenvalue weighted by Gasteiger charge is 2.19. The Morgan fingerprint density at radius 1 is 1.44 bits per heavy atom. The molecule has 0 fully saturated rings. The molecular weight excluding hydrogens is 204 g/mol. The molecule has 0 aromatic carbocycles. The van der Waals surface area contributed by atoms with Crippen molar-refractivity contribution in [2.75, 3.05) is 7.05 Å². The molecule has 1 aromatic rings. The van der Waals surface area contributed by atoms with Gasteiger partial charge >= 0.3 is 0 Å². The summed E-state index contributed by atoms with van der Waals surface area (Å²) < 4.78 is 0. The van der Waals surface area contributed by atoms with Crippen molar-refractivity contribution in [1.29, 1.82) is 0 Å². The predicted molar refractivity (Wildman–Crippen MR) is 62.8 cm³/mol. The highest BCUT2D eigenvalue weighted by Crippen LogP contribution is 2.07. The number of rotatable bonds is 1. The van der Waals surface area contributed by atoms with Crippen molar-refractivity contribution in [3.63, 3.8) is 0 Å². The molecule has 84 valence electrons. The van der Waals surface area contributed by atoms with E-state index >= 15 is 0 Å². The number of nitrogens with two attached hydrogens (primary N) is 1. The summed E-state index contributed by atoms with van der Waals surface area (Å²) in [6.07, 6.45) is 1.73. The molecule has 2 heterocycles. The molecular formula is C10H14N6. The molecule has 0 radical (unpaired) electrons. The summed E-state index contributed by atoms with van der Waals surface area (Å²) in [6.45, 7) is 1.96. The molecule has 0 saturated carbocycles. The van der Waals surface area contributed by atoms with Crippen LogP contribution in [0.25, 0.3) is 0 Å². The summed E-state index contributed by atoms with van der Waals surface area (Å²) in [5.74, 6) is 6.12. The SMILES string of the molecule is CC1N=C(N(C)N)NN=C1c1ccccn1. The quantitative estimate of drug-likeness (QED) is 0.511. The molecule has 0 bridgehead atoms. The molecule has 1 unspecified atom stereocenters. The van der Waals surface area contributed by atoms with E-state index in [1.165, 1.54) is 5.01 Å². The summed E-state index contributed by atoms with van der Waals surface area (Å²) in [5.41, 5.74) is 4.43. The highest BCUT2D eigenvalue weighted by atomic mass is 15.5. The lowest BCUT2D eigenvalue weighted by Gasteiger charge is -2.22. The van der Waals surface area contributed by atoms with Crippen molar-refractivity contribution in [1.82, 2.24) is 15.4 Å². The zero-order chi connectivity index (χ0) is 11.5. The first-order valence-corrected chi connectivity index (χ1v) is 4.99. The third kappa shape index (κ3) is 2.01. The van der Waals surface area contributed by atoms with Gasteiger partial charge in [-0.1, -0.05) is 6.07 Å². The van der Waals surface area contributed by atoms with E-state index in [1.54, 1.807) is 13.2 Å². The molecule has 0 saturated heterocycles. The molecule has 6 nitrogen and oxygen atoms in total. The van der Waals surface area contributed by atoms with Crippen LogP contribution in [0.5, 0.6) is 0 Å². The Labute approximate surface area is 93.9 Å². The van der Waals surface area contributed by atoms with Crippen LogP contribution in [-0.4, -0.2) is 34.8 Å². The molecule has 0 amide bonds. The average Bonchev–Trinajstić information content (AvgIpc) is 2.30. The van der Waals surface area contributed by atoms with Gasteiger partial charge in [0.05, 0.1) is 11.7 Å². The smallest absolute Gasteiger partial charge is 0.229 e. The summed E-state index contributed by atoms with van der Waals surface area (Å²) in [7, 11) is 1.71. The Balaban J connectivity index is 2.22. The summed E-state index contributed by atoms with van der Waals surface area (Å²) in [6, 6.07) is 5.64. The van der Waals surface area contributed by atoms with Gasteiger partial charge in [0, 0.05) is 13.2 Å². The molecule has 2 rings (SSSR count). The largest absolute Gasteiger partial charge is 0.283 e. The number of nitrogens with zero attached hydrogens (tertiary/aromatic N) is 4. The van der Waals surface area contributed by atoms with Crippen LogP contribution in [0.15, 0.2) is 34.5 Å². The molecule has 16 heavy (non-hydrogen) atoms. The van der Waals surface area contributed by atoms with Gasteiger partial charge < -0.3 is 0 Å². The average molecular weight is 218 g/mol. The van der Waals surface area contributed by atoms with E-state index in [9.17, 15) is 0 Å². The maximum atomic E-state index is 5.57. The lowest BCUT2D eigenvalue weighted by Crippen LogP contribution is -2.45. The molecule has 0 aliphatic carbocycles. The van der Waals surface area contributed by atoms with Crippen molar-refractivity contribution in [3.05, 3.63) is 30.1 Å². The maximum Gasteiger partial charge on any atom is 0.229 e. The number of hydrogen-bond donors (Lipinski definition) is 2. The highest BCUT2D eigenvalue weighted by molar-refractivity contribution is 6.05. The van der Waals surface area contributed by atoms with E-state index in [4.69, 9.17) is 5.84 Å². The number of aliphatic imine (C=N–C) groups is 1. The first kappa shape index (κ1) is 10.6. The van der Waals surface area contributed by atoms with Gasteiger partial charge in [0.25, 0.3) is 0 Å². The second kappa shape index (κ2) is 4.28. The molecule has 3 N–H and O–H groups in total. The van der Waals surface area contributed by atoms with Crippen LogP contribution < -0.4 is 11.3 Å². The van der Waals surface area contributed by atoms with E-state index in [0.29, 0.717) is 5.96 Å². The zero-order valence-corrected chi connectivity index (χ0v) is 9.25. The van der Waals surface area contributed by atoms with Crippen LogP contribution in [0.3, 0.4) is 0 Å². The predicted octanol–water partition coefficient (Wildman–Crippen LogP) is -0.0611. The molecule has 1 aliphatic heterocycles. The number of hydrogen-bond acceptors (Lipinski definition) is 6. The van der Waals surface area contributed by atoms with Crippen LogP contribution >= 0.6 is 0 Å². The molecule has 1 atom stereocenters. The Morgan fingerprint density at radius 3 is 2.81 bits per heavy atom. The van der Waals surface area contributed by atoms with Gasteiger partial charge in [-0.2, -0.15) is 5.10 Å². The molecule has 0 spiro atoms. The lowest BCUT2D eigenvalue weighted by molar-refractivity contribution is 0.506. The van der Waals surface area contributed by atoms with Crippen molar-refractivity contribution < 1.29 is 0 Å². The van der Waals surface area contributed by atoms with Gasteiger partial charge in [0.15, 0.2) is 0 Å². The van der Waals surface area contributed by atoms with Crippen molar-refractivity contribution in [2.24, 2.45) is 15.9 Å². The number of guanidine groups is 1. The monoisotopic (exact) mass is 218 g/mol. The van der Waals surface area contributed by atoms with Gasteiger partial charge in [0.2, 0.25) is 5.96 Å². The first-order chi connectivity index (χ1) is 7.68. The molecule has 6 heteroatoms. The van der Waals surface area contributed by atoms with Gasteiger partial charge in [-0.3, -0.25) is 9.99 Å². The van der Waals surface area contributed by atoms with Gasteiger partial charge in [0.1, 0.15) is 5.71 Å². The number of nitrogens with one attached hydrogen (secondary N) is 1. The fraction of sp³-hybridized carbons (Fsp3) is 0.300. The standard InChI is InChI=1S/C10H14N6/c1-7-9(8-5-3-4-6-12-8)14-15-10(13-7)16(2)11/h3-7H,11H2,1-2H3,(H,13,15). The summed E-state index contributed by atoms with van der Waals surface area (Å²) >= 11 is 0. The third-order valence-corrected chi connectivity index (χ3v) is 2.25. The van der Waals surface area contributed by atoms with E-state index < -0.39 is 0 Å². The maximum absolute atomic E-state index is 5.57. The number of pyridine rings is 1. The van der Waals surface area contributed by atoms with Crippen LogP contribution in [0.4, 0.5) is 0 Å². The van der Waals surface area contributed by atoms with E-state index in [1.807, 2.05) is 25.1 Å². The minimum absolute atomic E-state index is 0.0582. The minimum atomic E-state index is -0.0582. The topological polar surface area (TPSA) is 78.9 Å². The van der Waals surface area contributed by atoms with Crippen molar-refractivity contribution in [2.45, 2.75) is 13.0 Å². The fourth-order valence-electron chi connectivity index (χ4n) is 1.43. The van der Waals surface area contributed by atoms with Crippen LogP contribution in [0.1, 0.15) is 12.6 Å². The van der Waals surface area contributed by atoms with Crippen molar-refractivity contribution >= 4 is 11.7 Å². The van der Waals surface area contributed by atoms with Gasteiger partial charge in [-0.15, -0.1) is 0 Å². The number of hydrazone groups is 1. The Kier molecular flexibility index (Phi) is 2.82. The van der Waals surface area contributed by atoms with Crippen molar-refractivity contribution in [3.8, 4) is 0 Å². The van der Waals surface area contributed by atoms with Gasteiger partial charge in [-0.05, 0) is 19.1 Å². The van der Waals surface area contributed by atoms with Crippen LogP contribution in [-0.2, 0) is 0 Å². The number of hydrazine groups is 1. The lowest BCUT2D eigenvalue weighted by atomic mass is 10.1. The van der Waals surface area contributed by atoms with Gasteiger partial charge in [-0.25, -0.2) is 16.3 Å². The Hall–Kier alpha value is -1.95. The second-order valence-corrected chi connectivity index (χ2v) is 3.56. The van der Waals surface area contributed by atoms with E-state index in [2.05, 4.69) is 20.5 Å². The van der Waals surface area contributed by atoms with Crippen LogP contribution in [0, 0.1) is 0 Å². The number of aromatic nitrogens is 1. The Morgan fingerprint density at radius 2 is 2.25 bits per heavy atom. The van der Waals surface area contributed by atoms with E-state index in [0.717, 1.165) is 11.4 Å². The third-order valence-electron chi connectivity index (χ3n) is 2.25. The first-order valence-electron chi connectivity index (χ1n) is 4.99. The van der Waals surface area contributed by atoms with E-state index in [-0.39, 0.29) is 6.04 Å².